The summed E-state index contributed by atoms with van der Waals surface area (Å²) in [5, 5.41) is 0.505. The van der Waals surface area contributed by atoms with Crippen LogP contribution >= 0.6 is 11.6 Å². The van der Waals surface area contributed by atoms with Gasteiger partial charge in [-0.2, -0.15) is 0 Å². The first kappa shape index (κ1) is 13.3. The molecule has 1 aromatic heterocycles. The quantitative estimate of drug-likeness (QED) is 0.823. The molecule has 98 valence electrons. The lowest BCUT2D eigenvalue weighted by atomic mass is 9.94. The molecule has 2 heterocycles. The lowest BCUT2D eigenvalue weighted by molar-refractivity contribution is 0.0688. The van der Waals surface area contributed by atoms with Crippen LogP contribution in [0.2, 0.25) is 5.02 Å². The van der Waals surface area contributed by atoms with Gasteiger partial charge in [-0.1, -0.05) is 24.9 Å². The third-order valence-corrected chi connectivity index (χ3v) is 4.01. The number of amides is 1. The van der Waals surface area contributed by atoms with E-state index in [1.165, 1.54) is 6.42 Å². The Kier molecular flexibility index (Phi) is 4.23. The first-order valence-corrected chi connectivity index (χ1v) is 6.91. The number of hydrogen-bond acceptors (Lipinski definition) is 2. The summed E-state index contributed by atoms with van der Waals surface area (Å²) in [6.45, 7) is 5.75. The van der Waals surface area contributed by atoms with Gasteiger partial charge in [0, 0.05) is 25.0 Å². The van der Waals surface area contributed by atoms with Crippen molar-refractivity contribution in [3.8, 4) is 0 Å². The Bertz CT molecular complexity index is 439. The molecule has 0 aliphatic carbocycles. The van der Waals surface area contributed by atoms with Gasteiger partial charge in [0.05, 0.1) is 10.6 Å². The fourth-order valence-electron chi connectivity index (χ4n) is 2.40. The van der Waals surface area contributed by atoms with Crippen LogP contribution in [0.15, 0.2) is 12.3 Å². The molecule has 1 aliphatic rings. The molecule has 18 heavy (non-hydrogen) atoms. The fraction of sp³-hybridized carbons (Fsp3) is 0.571. The van der Waals surface area contributed by atoms with E-state index in [0.717, 1.165) is 37.5 Å². The molecule has 0 N–H and O–H groups in total. The van der Waals surface area contributed by atoms with Crippen molar-refractivity contribution < 1.29 is 4.79 Å². The van der Waals surface area contributed by atoms with Crippen molar-refractivity contribution in [3.05, 3.63) is 28.5 Å². The summed E-state index contributed by atoms with van der Waals surface area (Å²) < 4.78 is 0. The smallest absolute Gasteiger partial charge is 0.256 e. The summed E-state index contributed by atoms with van der Waals surface area (Å²) >= 11 is 6.11. The number of piperidine rings is 1. The fourth-order valence-corrected chi connectivity index (χ4v) is 2.69. The Labute approximate surface area is 113 Å². The number of carbonyl (C=O) groups is 1. The Morgan fingerprint density at radius 3 is 2.72 bits per heavy atom. The molecule has 0 bridgehead atoms. The van der Waals surface area contributed by atoms with Crippen LogP contribution in [-0.4, -0.2) is 28.9 Å². The van der Waals surface area contributed by atoms with Gasteiger partial charge in [0.25, 0.3) is 5.91 Å². The summed E-state index contributed by atoms with van der Waals surface area (Å²) in [6, 6.07) is 1.74. The summed E-state index contributed by atoms with van der Waals surface area (Å²) in [7, 11) is 0. The maximum atomic E-state index is 12.3. The zero-order chi connectivity index (χ0) is 13.1. The highest BCUT2D eigenvalue weighted by Gasteiger charge is 2.24. The number of aryl methyl sites for hydroxylation is 1. The zero-order valence-corrected chi connectivity index (χ0v) is 11.7. The Hall–Kier alpha value is -1.09. The average Bonchev–Trinajstić information content (AvgIpc) is 2.38. The van der Waals surface area contributed by atoms with E-state index in [-0.39, 0.29) is 5.91 Å². The van der Waals surface area contributed by atoms with E-state index >= 15 is 0 Å². The summed E-state index contributed by atoms with van der Waals surface area (Å²) in [4.78, 5) is 18.4. The highest BCUT2D eigenvalue weighted by molar-refractivity contribution is 6.33. The van der Waals surface area contributed by atoms with Gasteiger partial charge in [0.1, 0.15) is 0 Å². The molecule has 1 fully saturated rings. The monoisotopic (exact) mass is 266 g/mol. The highest BCUT2D eigenvalue weighted by atomic mass is 35.5. The second-order valence-corrected chi connectivity index (χ2v) is 5.36. The van der Waals surface area contributed by atoms with Crippen LogP contribution in [0.1, 0.15) is 42.2 Å². The molecule has 0 unspecified atom stereocenters. The molecule has 1 aromatic rings. The minimum absolute atomic E-state index is 0.0158. The van der Waals surface area contributed by atoms with Gasteiger partial charge in [-0.15, -0.1) is 0 Å². The van der Waals surface area contributed by atoms with Gasteiger partial charge < -0.3 is 4.90 Å². The lowest BCUT2D eigenvalue weighted by Gasteiger charge is -2.31. The number of halogens is 1. The first-order valence-electron chi connectivity index (χ1n) is 6.53. The van der Waals surface area contributed by atoms with Gasteiger partial charge in [0.2, 0.25) is 0 Å². The molecule has 0 spiro atoms. The molecule has 0 aromatic carbocycles. The van der Waals surface area contributed by atoms with Crippen LogP contribution in [0, 0.1) is 12.8 Å². The van der Waals surface area contributed by atoms with Crippen molar-refractivity contribution in [2.75, 3.05) is 13.1 Å². The number of carbonyl (C=O) groups excluding carboxylic acids is 1. The molecular formula is C14H19ClN2O. The molecule has 0 atom stereocenters. The van der Waals surface area contributed by atoms with Gasteiger partial charge >= 0.3 is 0 Å². The van der Waals surface area contributed by atoms with Crippen molar-refractivity contribution in [1.82, 2.24) is 9.88 Å². The van der Waals surface area contributed by atoms with Crippen molar-refractivity contribution in [2.24, 2.45) is 5.92 Å². The predicted molar refractivity (Wildman–Crippen MR) is 72.9 cm³/mol. The summed E-state index contributed by atoms with van der Waals surface area (Å²) in [5.74, 6) is 0.780. The molecule has 1 saturated heterocycles. The lowest BCUT2D eigenvalue weighted by Crippen LogP contribution is -2.38. The summed E-state index contributed by atoms with van der Waals surface area (Å²) in [6.07, 6.45) is 4.99. The van der Waals surface area contributed by atoms with Crippen molar-refractivity contribution >= 4 is 17.5 Å². The second-order valence-electron chi connectivity index (χ2n) is 4.95. The Balaban J connectivity index is 2.08. The minimum atomic E-state index is 0.0158. The maximum absolute atomic E-state index is 12.3. The minimum Gasteiger partial charge on any atom is -0.339 e. The highest BCUT2D eigenvalue weighted by Crippen LogP contribution is 2.23. The predicted octanol–water partition coefficient (Wildman–Crippen LogP) is 3.31. The van der Waals surface area contributed by atoms with E-state index in [4.69, 9.17) is 11.6 Å². The van der Waals surface area contributed by atoms with Crippen molar-refractivity contribution in [1.29, 1.82) is 0 Å². The third kappa shape index (κ3) is 2.83. The van der Waals surface area contributed by atoms with Crippen LogP contribution < -0.4 is 0 Å². The number of pyridine rings is 1. The molecule has 1 amide bonds. The number of nitrogens with zero attached hydrogens (tertiary/aromatic N) is 2. The van der Waals surface area contributed by atoms with Gasteiger partial charge in [-0.3, -0.25) is 9.78 Å². The van der Waals surface area contributed by atoms with Gasteiger partial charge in [-0.25, -0.2) is 0 Å². The number of rotatable bonds is 2. The largest absolute Gasteiger partial charge is 0.339 e. The van der Waals surface area contributed by atoms with E-state index in [9.17, 15) is 4.79 Å². The van der Waals surface area contributed by atoms with E-state index in [1.54, 1.807) is 12.3 Å². The topological polar surface area (TPSA) is 33.2 Å². The van der Waals surface area contributed by atoms with Crippen LogP contribution in [0.3, 0.4) is 0 Å². The van der Waals surface area contributed by atoms with Gasteiger partial charge in [-0.05, 0) is 31.7 Å². The molecule has 4 heteroatoms. The van der Waals surface area contributed by atoms with E-state index < -0.39 is 0 Å². The van der Waals surface area contributed by atoms with Crippen LogP contribution in [0.4, 0.5) is 0 Å². The SMILES string of the molecule is CCC1CCN(C(=O)c2cnc(C)cc2Cl)CC1. The average molecular weight is 267 g/mol. The third-order valence-electron chi connectivity index (χ3n) is 3.70. The molecule has 0 saturated carbocycles. The van der Waals surface area contributed by atoms with Crippen LogP contribution in [0.25, 0.3) is 0 Å². The zero-order valence-electron chi connectivity index (χ0n) is 10.9. The van der Waals surface area contributed by atoms with E-state index in [1.807, 2.05) is 11.8 Å². The first-order chi connectivity index (χ1) is 8.61. The molecule has 0 radical (unpaired) electrons. The number of aromatic nitrogens is 1. The van der Waals surface area contributed by atoms with Crippen LogP contribution in [-0.2, 0) is 0 Å². The number of hydrogen-bond donors (Lipinski definition) is 0. The standard InChI is InChI=1S/C14H19ClN2O/c1-3-11-4-6-17(7-5-11)14(18)12-9-16-10(2)8-13(12)15/h8-9,11H,3-7H2,1-2H3. The molecule has 1 aliphatic heterocycles. The van der Waals surface area contributed by atoms with Gasteiger partial charge in [0.15, 0.2) is 0 Å². The van der Waals surface area contributed by atoms with Crippen LogP contribution in [0.5, 0.6) is 0 Å². The maximum Gasteiger partial charge on any atom is 0.256 e. The van der Waals surface area contributed by atoms with E-state index in [0.29, 0.717) is 10.6 Å². The number of likely N-dealkylation sites (tertiary alicyclic amines) is 1. The molecule has 3 nitrogen and oxygen atoms in total. The summed E-state index contributed by atoms with van der Waals surface area (Å²) in [5.41, 5.74) is 1.36. The Morgan fingerprint density at radius 2 is 2.17 bits per heavy atom. The molecule has 2 rings (SSSR count). The van der Waals surface area contributed by atoms with Crippen molar-refractivity contribution in [3.63, 3.8) is 0 Å². The van der Waals surface area contributed by atoms with E-state index in [2.05, 4.69) is 11.9 Å². The normalized spacial score (nSPS) is 16.9. The van der Waals surface area contributed by atoms with Crippen molar-refractivity contribution in [2.45, 2.75) is 33.1 Å². The second kappa shape index (κ2) is 5.70. The Morgan fingerprint density at radius 1 is 1.50 bits per heavy atom. The molecular weight excluding hydrogens is 248 g/mol.